The first-order chi connectivity index (χ1) is 28.2. The van der Waals surface area contributed by atoms with Crippen molar-refractivity contribution in [2.24, 2.45) is 5.92 Å². The highest BCUT2D eigenvalue weighted by Crippen LogP contribution is 2.33. The molecule has 4 aromatic rings. The highest BCUT2D eigenvalue weighted by Gasteiger charge is 2.25. The number of rotatable bonds is 8. The zero-order chi connectivity index (χ0) is 41.7. The van der Waals surface area contributed by atoms with Crippen molar-refractivity contribution in [3.63, 3.8) is 0 Å². The van der Waals surface area contributed by atoms with E-state index >= 15 is 0 Å². The number of hydrogen-bond acceptors (Lipinski definition) is 8. The molecule has 1 aliphatic carbocycles. The van der Waals surface area contributed by atoms with Crippen LogP contribution in [0.5, 0.6) is 5.75 Å². The van der Waals surface area contributed by atoms with Crippen molar-refractivity contribution >= 4 is 28.8 Å². The number of benzene rings is 3. The molecular weight excluding hydrogens is 723 g/mol. The van der Waals surface area contributed by atoms with Gasteiger partial charge in [-0.1, -0.05) is 51.1 Å². The number of carbonyl (C=O) groups is 3. The molecule has 1 amide bonds. The third-order valence-corrected chi connectivity index (χ3v) is 11.1. The van der Waals surface area contributed by atoms with Crippen molar-refractivity contribution in [3.8, 4) is 5.75 Å². The number of nitrogens with zero attached hydrogens (tertiary/aromatic N) is 4. The van der Waals surface area contributed by atoms with Crippen LogP contribution < -0.4 is 15.1 Å². The molecule has 0 saturated carbocycles. The number of piperidine rings is 1. The highest BCUT2D eigenvalue weighted by molar-refractivity contribution is 5.98. The fourth-order valence-electron chi connectivity index (χ4n) is 7.92. The number of hydrogen-bond donors (Lipinski definition) is 2. The van der Waals surface area contributed by atoms with Crippen molar-refractivity contribution < 1.29 is 19.5 Å². The molecule has 8 rings (SSSR count). The molecule has 1 atom stereocenters. The van der Waals surface area contributed by atoms with E-state index in [1.807, 2.05) is 44.2 Å². The van der Waals surface area contributed by atoms with E-state index in [-0.39, 0.29) is 17.5 Å². The number of pyridine rings is 1. The zero-order valence-electron chi connectivity index (χ0n) is 35.7. The summed E-state index contributed by atoms with van der Waals surface area (Å²) in [5.74, 6) is 2.29. The standard InChI is InChI=1S/C24H30N4O.C11H14O.C7H12O2.C5H5N.C2H6/c29-24-23-7-6-22(16-20(23)17-25-24)28-14-12-26(13-15-28)18-19-8-10-27(11-9-19)21-4-2-1-3-5-21;1-8-3-2-4-9-7-10(12)5-6-11(8)9;1-6(8)4-3-5-7(2)9;1-2-4-6-5-3-1;1-2/h1-7,16,19H,8-15,17-18H2,(H,25,29);5-8,12H,2-4H2,1H3;3-5H2,1-2H3;1-5H;1-2H3. The molecule has 3 aromatic carbocycles. The van der Waals surface area contributed by atoms with Gasteiger partial charge >= 0.3 is 0 Å². The third kappa shape index (κ3) is 15.1. The maximum atomic E-state index is 11.8. The number of para-hydroxylation sites is 1. The van der Waals surface area contributed by atoms with E-state index in [2.05, 4.69) is 80.5 Å². The number of nitrogens with one attached hydrogen (secondary N) is 1. The Bertz CT molecular complexity index is 1780. The van der Waals surface area contributed by atoms with Gasteiger partial charge in [0.25, 0.3) is 5.91 Å². The second-order valence-electron chi connectivity index (χ2n) is 15.5. The maximum absolute atomic E-state index is 11.8. The van der Waals surface area contributed by atoms with E-state index in [1.54, 1.807) is 32.3 Å². The fourth-order valence-corrected chi connectivity index (χ4v) is 7.92. The number of anilines is 2. The largest absolute Gasteiger partial charge is 0.508 e. The molecule has 3 aliphatic heterocycles. The minimum atomic E-state index is 0.0645. The lowest BCUT2D eigenvalue weighted by Crippen LogP contribution is -2.49. The second-order valence-corrected chi connectivity index (χ2v) is 15.5. The molecule has 9 heteroatoms. The molecule has 0 spiro atoms. The van der Waals surface area contributed by atoms with Gasteiger partial charge in [0.1, 0.15) is 17.3 Å². The quantitative estimate of drug-likeness (QED) is 0.182. The first kappa shape index (κ1) is 45.7. The number of aromatic hydroxyl groups is 1. The van der Waals surface area contributed by atoms with Gasteiger partial charge in [-0.05, 0) is 135 Å². The lowest BCUT2D eigenvalue weighted by Gasteiger charge is -2.40. The lowest BCUT2D eigenvalue weighted by molar-refractivity contribution is -0.118. The molecule has 4 heterocycles. The summed E-state index contributed by atoms with van der Waals surface area (Å²) in [4.78, 5) is 43.8. The smallest absolute Gasteiger partial charge is 0.251 e. The van der Waals surface area contributed by atoms with Gasteiger partial charge in [0.15, 0.2) is 0 Å². The molecule has 58 heavy (non-hydrogen) atoms. The predicted octanol–water partition coefficient (Wildman–Crippen LogP) is 9.24. The van der Waals surface area contributed by atoms with Gasteiger partial charge in [0.2, 0.25) is 0 Å². The Kier molecular flexibility index (Phi) is 19.4. The molecule has 0 radical (unpaired) electrons. The van der Waals surface area contributed by atoms with E-state index in [4.69, 9.17) is 0 Å². The molecule has 2 fully saturated rings. The van der Waals surface area contributed by atoms with E-state index in [0.717, 1.165) is 49.6 Å². The molecule has 4 aliphatic rings. The Morgan fingerprint density at radius 3 is 1.98 bits per heavy atom. The lowest BCUT2D eigenvalue weighted by atomic mass is 9.84. The van der Waals surface area contributed by atoms with Crippen molar-refractivity contribution in [2.75, 3.05) is 55.6 Å². The molecule has 9 nitrogen and oxygen atoms in total. The minimum absolute atomic E-state index is 0.0645. The van der Waals surface area contributed by atoms with Crippen LogP contribution >= 0.6 is 0 Å². The Labute approximate surface area is 347 Å². The van der Waals surface area contributed by atoms with Crippen LogP contribution in [0.4, 0.5) is 11.4 Å². The van der Waals surface area contributed by atoms with Gasteiger partial charge in [0.05, 0.1) is 0 Å². The number of aryl methyl sites for hydroxylation is 1. The predicted molar refractivity (Wildman–Crippen MR) is 238 cm³/mol. The maximum Gasteiger partial charge on any atom is 0.251 e. The first-order valence-corrected chi connectivity index (χ1v) is 21.5. The molecule has 1 aromatic heterocycles. The third-order valence-electron chi connectivity index (χ3n) is 11.1. The number of carbonyl (C=O) groups excluding carboxylic acids is 3. The van der Waals surface area contributed by atoms with Crippen LogP contribution in [0, 0.1) is 5.92 Å². The number of ketones is 2. The van der Waals surface area contributed by atoms with Gasteiger partial charge in [-0.3, -0.25) is 14.7 Å². The highest BCUT2D eigenvalue weighted by atomic mass is 16.3. The monoisotopic (exact) mass is 790 g/mol. The number of fused-ring (bicyclic) bond motifs is 2. The molecule has 0 bridgehead atoms. The normalized spacial score (nSPS) is 17.2. The number of Topliss-reactive ketones (excluding diaryl/α,β-unsaturated/α-hetero) is 2. The van der Waals surface area contributed by atoms with Gasteiger partial charge in [0, 0.05) is 94.5 Å². The number of phenols is 1. The average Bonchev–Trinajstić information content (AvgIpc) is 3.63. The molecule has 2 saturated heterocycles. The van der Waals surface area contributed by atoms with Gasteiger partial charge in [-0.2, -0.15) is 0 Å². The van der Waals surface area contributed by atoms with Crippen LogP contribution in [0.25, 0.3) is 0 Å². The Morgan fingerprint density at radius 1 is 0.741 bits per heavy atom. The van der Waals surface area contributed by atoms with Crippen molar-refractivity contribution in [3.05, 3.63) is 120 Å². The SMILES string of the molecule is CC.CC(=O)CCCC(C)=O.CC1CCCc2cc(O)ccc21.O=C1NCc2cc(N3CCN(CC4CCN(c5ccccc5)CC4)CC3)ccc21.c1ccncc1. The number of amides is 1. The van der Waals surface area contributed by atoms with Gasteiger partial charge in [-0.25, -0.2) is 0 Å². The summed E-state index contributed by atoms with van der Waals surface area (Å²) >= 11 is 0. The minimum Gasteiger partial charge on any atom is -0.508 e. The summed E-state index contributed by atoms with van der Waals surface area (Å²) in [5, 5.41) is 12.2. The van der Waals surface area contributed by atoms with Crippen LogP contribution in [0.3, 0.4) is 0 Å². The van der Waals surface area contributed by atoms with Crippen LogP contribution in [-0.2, 0) is 22.6 Å². The Morgan fingerprint density at radius 2 is 1.38 bits per heavy atom. The molecule has 312 valence electrons. The van der Waals surface area contributed by atoms with E-state index in [1.165, 1.54) is 67.8 Å². The summed E-state index contributed by atoms with van der Waals surface area (Å²) < 4.78 is 0. The average molecular weight is 790 g/mol. The number of phenolic OH excluding ortho intramolecular Hbond substituents is 1. The van der Waals surface area contributed by atoms with Crippen LogP contribution in [0.2, 0.25) is 0 Å². The van der Waals surface area contributed by atoms with Crippen molar-refractivity contribution in [1.82, 2.24) is 15.2 Å². The van der Waals surface area contributed by atoms with Crippen LogP contribution in [0.1, 0.15) is 113 Å². The van der Waals surface area contributed by atoms with E-state index in [9.17, 15) is 19.5 Å². The first-order valence-electron chi connectivity index (χ1n) is 21.5. The van der Waals surface area contributed by atoms with Crippen molar-refractivity contribution in [1.29, 1.82) is 0 Å². The summed E-state index contributed by atoms with van der Waals surface area (Å²) in [5.41, 5.74) is 7.38. The topological polar surface area (TPSA) is 106 Å². The van der Waals surface area contributed by atoms with Crippen LogP contribution in [0.15, 0.2) is 97.3 Å². The van der Waals surface area contributed by atoms with E-state index < -0.39 is 0 Å². The molecular formula is C49H67N5O4. The summed E-state index contributed by atoms with van der Waals surface area (Å²) in [6.45, 7) is 18.0. The fraction of sp³-hybridized carbons (Fsp3) is 0.469. The second kappa shape index (κ2) is 24.7. The molecule has 2 N–H and O–H groups in total. The molecule has 1 unspecified atom stereocenters. The van der Waals surface area contributed by atoms with Gasteiger partial charge in [-0.15, -0.1) is 0 Å². The van der Waals surface area contributed by atoms with E-state index in [0.29, 0.717) is 37.5 Å². The number of aromatic nitrogens is 1. The summed E-state index contributed by atoms with van der Waals surface area (Å²) in [6, 6.07) is 28.6. The van der Waals surface area contributed by atoms with Crippen molar-refractivity contribution in [2.45, 2.75) is 98.4 Å². The van der Waals surface area contributed by atoms with Gasteiger partial charge < -0.3 is 29.8 Å². The number of piperazine rings is 1. The van der Waals surface area contributed by atoms with Crippen LogP contribution in [-0.4, -0.2) is 78.3 Å². The zero-order valence-corrected chi connectivity index (χ0v) is 35.7. The summed E-state index contributed by atoms with van der Waals surface area (Å²) in [6.07, 6.45) is 11.6. The Balaban J connectivity index is 0.000000209. The Hall–Kier alpha value is -5.02. The summed E-state index contributed by atoms with van der Waals surface area (Å²) in [7, 11) is 0.